The third-order valence-electron chi connectivity index (χ3n) is 7.22. The smallest absolute Gasteiger partial charge is 0.407 e. The van der Waals surface area contributed by atoms with Crippen molar-refractivity contribution in [3.05, 3.63) is 95.6 Å². The SMILES string of the molecule is O=C(O)CCN(Cc1ccccc1)C(=O)[C@@H]1C[C@@H]1CNC(=O)OCC1c2ccccc2-c2ccccc21. The molecule has 0 radical (unpaired) electrons. The summed E-state index contributed by atoms with van der Waals surface area (Å²) in [5.41, 5.74) is 5.62. The fraction of sp³-hybridized carbons (Fsp3) is 0.300. The number of alkyl carbamates (subject to hydrolysis) is 1. The Kier molecular flexibility index (Phi) is 7.21. The summed E-state index contributed by atoms with van der Waals surface area (Å²) in [6.45, 7) is 1.13. The third-order valence-corrected chi connectivity index (χ3v) is 7.22. The summed E-state index contributed by atoms with van der Waals surface area (Å²) in [4.78, 5) is 38.3. The van der Waals surface area contributed by atoms with Crippen molar-refractivity contribution in [2.45, 2.75) is 25.3 Å². The molecular formula is C30H30N2O5. The predicted octanol–water partition coefficient (Wildman–Crippen LogP) is 4.66. The van der Waals surface area contributed by atoms with Gasteiger partial charge in [0.1, 0.15) is 6.61 Å². The van der Waals surface area contributed by atoms with Gasteiger partial charge in [-0.15, -0.1) is 0 Å². The second-order valence-corrected chi connectivity index (χ2v) is 9.70. The van der Waals surface area contributed by atoms with Gasteiger partial charge in [0.2, 0.25) is 5.91 Å². The van der Waals surface area contributed by atoms with Crippen molar-refractivity contribution in [1.29, 1.82) is 0 Å². The fourth-order valence-electron chi connectivity index (χ4n) is 5.18. The van der Waals surface area contributed by atoms with E-state index in [1.807, 2.05) is 54.6 Å². The van der Waals surface area contributed by atoms with E-state index in [-0.39, 0.29) is 43.2 Å². The molecule has 2 aliphatic rings. The highest BCUT2D eigenvalue weighted by molar-refractivity contribution is 5.82. The van der Waals surface area contributed by atoms with E-state index in [0.717, 1.165) is 16.7 Å². The summed E-state index contributed by atoms with van der Waals surface area (Å²) in [6.07, 6.45) is 0.0708. The van der Waals surface area contributed by atoms with Gasteiger partial charge < -0.3 is 20.1 Å². The zero-order valence-corrected chi connectivity index (χ0v) is 20.5. The van der Waals surface area contributed by atoms with E-state index >= 15 is 0 Å². The van der Waals surface area contributed by atoms with Crippen LogP contribution in [0.25, 0.3) is 11.1 Å². The van der Waals surface area contributed by atoms with Crippen LogP contribution in [0.2, 0.25) is 0 Å². The standard InChI is InChI=1S/C30H30N2O5/c33-28(34)14-15-32(18-20-8-2-1-3-9-20)29(35)26-16-21(26)17-31-30(36)37-19-27-24-12-6-4-10-22(24)23-11-5-7-13-25(23)27/h1-13,21,26-27H,14-19H2,(H,31,36)(H,33,34)/t21-,26-/m1/s1. The van der Waals surface area contributed by atoms with Crippen LogP contribution in [0.15, 0.2) is 78.9 Å². The van der Waals surface area contributed by atoms with Gasteiger partial charge in [0.15, 0.2) is 0 Å². The molecule has 1 fully saturated rings. The number of hydrogen-bond acceptors (Lipinski definition) is 4. The summed E-state index contributed by atoms with van der Waals surface area (Å²) < 4.78 is 5.59. The monoisotopic (exact) mass is 498 g/mol. The third kappa shape index (κ3) is 5.66. The van der Waals surface area contributed by atoms with Gasteiger partial charge in [-0.3, -0.25) is 9.59 Å². The van der Waals surface area contributed by atoms with E-state index in [4.69, 9.17) is 9.84 Å². The van der Waals surface area contributed by atoms with Crippen LogP contribution in [-0.4, -0.2) is 47.7 Å². The van der Waals surface area contributed by atoms with Crippen LogP contribution < -0.4 is 5.32 Å². The minimum Gasteiger partial charge on any atom is -0.481 e. The molecule has 3 aromatic carbocycles. The number of carbonyl (C=O) groups excluding carboxylic acids is 2. The lowest BCUT2D eigenvalue weighted by Gasteiger charge is -2.22. The lowest BCUT2D eigenvalue weighted by molar-refractivity contribution is -0.139. The molecule has 190 valence electrons. The number of carbonyl (C=O) groups is 3. The van der Waals surface area contributed by atoms with Crippen LogP contribution in [0, 0.1) is 11.8 Å². The zero-order valence-electron chi connectivity index (χ0n) is 20.5. The van der Waals surface area contributed by atoms with Crippen LogP contribution in [0.4, 0.5) is 4.79 Å². The lowest BCUT2D eigenvalue weighted by atomic mass is 9.98. The maximum Gasteiger partial charge on any atom is 0.407 e. The highest BCUT2D eigenvalue weighted by Gasteiger charge is 2.45. The van der Waals surface area contributed by atoms with Crippen LogP contribution in [0.5, 0.6) is 0 Å². The first-order valence-corrected chi connectivity index (χ1v) is 12.6. The van der Waals surface area contributed by atoms with Gasteiger partial charge in [-0.05, 0) is 40.2 Å². The van der Waals surface area contributed by atoms with E-state index in [9.17, 15) is 14.4 Å². The molecular weight excluding hydrogens is 468 g/mol. The number of nitrogens with zero attached hydrogens (tertiary/aromatic N) is 1. The number of carboxylic acids is 1. The van der Waals surface area contributed by atoms with Crippen molar-refractivity contribution in [2.75, 3.05) is 19.7 Å². The molecule has 7 nitrogen and oxygen atoms in total. The number of ether oxygens (including phenoxy) is 1. The number of fused-ring (bicyclic) bond motifs is 3. The van der Waals surface area contributed by atoms with Crippen molar-refractivity contribution in [2.24, 2.45) is 11.8 Å². The second kappa shape index (κ2) is 10.9. The molecule has 0 aliphatic heterocycles. The van der Waals surface area contributed by atoms with E-state index in [0.29, 0.717) is 19.5 Å². The molecule has 0 heterocycles. The Morgan fingerprint density at radius 1 is 0.892 bits per heavy atom. The van der Waals surface area contributed by atoms with E-state index in [2.05, 4.69) is 29.6 Å². The van der Waals surface area contributed by atoms with Crippen molar-refractivity contribution >= 4 is 18.0 Å². The van der Waals surface area contributed by atoms with E-state index < -0.39 is 12.1 Å². The average Bonchev–Trinajstić information content (AvgIpc) is 3.63. The summed E-state index contributed by atoms with van der Waals surface area (Å²) in [7, 11) is 0. The van der Waals surface area contributed by atoms with Crippen molar-refractivity contribution < 1.29 is 24.2 Å². The van der Waals surface area contributed by atoms with Gasteiger partial charge in [-0.1, -0.05) is 78.9 Å². The zero-order chi connectivity index (χ0) is 25.8. The Morgan fingerprint density at radius 2 is 1.51 bits per heavy atom. The van der Waals surface area contributed by atoms with Gasteiger partial charge in [0, 0.05) is 31.5 Å². The Hall–Kier alpha value is -4.13. The number of amides is 2. The molecule has 2 aliphatic carbocycles. The number of nitrogens with one attached hydrogen (secondary N) is 1. The highest BCUT2D eigenvalue weighted by Crippen LogP contribution is 2.44. The molecule has 0 spiro atoms. The summed E-state index contributed by atoms with van der Waals surface area (Å²) in [5, 5.41) is 11.9. The molecule has 0 bridgehead atoms. The molecule has 7 heteroatoms. The number of carboxylic acid groups (broad SMARTS) is 1. The van der Waals surface area contributed by atoms with E-state index in [1.165, 1.54) is 11.1 Å². The normalized spacial score (nSPS) is 17.4. The molecule has 3 aromatic rings. The Morgan fingerprint density at radius 3 is 2.16 bits per heavy atom. The minimum absolute atomic E-state index is 0.00539. The predicted molar refractivity (Wildman–Crippen MR) is 139 cm³/mol. The fourth-order valence-corrected chi connectivity index (χ4v) is 5.18. The Balaban J connectivity index is 1.12. The number of benzene rings is 3. The van der Waals surface area contributed by atoms with Crippen LogP contribution in [0.3, 0.4) is 0 Å². The van der Waals surface area contributed by atoms with Gasteiger partial charge in [0.05, 0.1) is 6.42 Å². The maximum atomic E-state index is 13.1. The van der Waals surface area contributed by atoms with Crippen molar-refractivity contribution in [3.63, 3.8) is 0 Å². The minimum atomic E-state index is -0.935. The summed E-state index contributed by atoms with van der Waals surface area (Å²) in [5.74, 6) is -1.20. The first kappa shape index (κ1) is 24.6. The molecule has 0 saturated heterocycles. The topological polar surface area (TPSA) is 95.9 Å². The lowest BCUT2D eigenvalue weighted by Crippen LogP contribution is -2.35. The largest absolute Gasteiger partial charge is 0.481 e. The average molecular weight is 499 g/mol. The van der Waals surface area contributed by atoms with E-state index in [1.54, 1.807) is 4.90 Å². The first-order valence-electron chi connectivity index (χ1n) is 12.6. The molecule has 37 heavy (non-hydrogen) atoms. The Labute approximate surface area is 216 Å². The van der Waals surface area contributed by atoms with Crippen LogP contribution >= 0.6 is 0 Å². The highest BCUT2D eigenvalue weighted by atomic mass is 16.5. The molecule has 2 amide bonds. The van der Waals surface area contributed by atoms with Crippen molar-refractivity contribution in [3.8, 4) is 11.1 Å². The molecule has 1 saturated carbocycles. The van der Waals surface area contributed by atoms with Gasteiger partial charge >= 0.3 is 12.1 Å². The molecule has 0 unspecified atom stereocenters. The number of hydrogen-bond donors (Lipinski definition) is 2. The van der Waals surface area contributed by atoms with Crippen LogP contribution in [0.1, 0.15) is 35.4 Å². The molecule has 5 rings (SSSR count). The summed E-state index contributed by atoms with van der Waals surface area (Å²) >= 11 is 0. The Bertz CT molecular complexity index is 1250. The number of aliphatic carboxylic acids is 1. The quantitative estimate of drug-likeness (QED) is 0.424. The summed E-state index contributed by atoms with van der Waals surface area (Å²) in [6, 6.07) is 25.9. The maximum absolute atomic E-state index is 13.1. The van der Waals surface area contributed by atoms with Gasteiger partial charge in [0.25, 0.3) is 0 Å². The molecule has 2 N–H and O–H groups in total. The van der Waals surface area contributed by atoms with Gasteiger partial charge in [-0.25, -0.2) is 4.79 Å². The second-order valence-electron chi connectivity index (χ2n) is 9.70. The first-order chi connectivity index (χ1) is 18.0. The molecule has 0 aromatic heterocycles. The van der Waals surface area contributed by atoms with Crippen molar-refractivity contribution in [1.82, 2.24) is 10.2 Å². The van der Waals surface area contributed by atoms with Crippen LogP contribution in [-0.2, 0) is 20.9 Å². The van der Waals surface area contributed by atoms with Gasteiger partial charge in [-0.2, -0.15) is 0 Å². The molecule has 2 atom stereocenters. The number of rotatable bonds is 10.